The molecular formula is C22H26Cl3N3O4S. The van der Waals surface area contributed by atoms with Gasteiger partial charge in [0.1, 0.15) is 12.6 Å². The average Bonchev–Trinajstić information content (AvgIpc) is 2.75. The number of anilines is 1. The molecule has 2 aromatic carbocycles. The van der Waals surface area contributed by atoms with Gasteiger partial charge in [0.15, 0.2) is 0 Å². The maximum absolute atomic E-state index is 13.4. The van der Waals surface area contributed by atoms with Crippen LogP contribution < -0.4 is 9.62 Å². The normalized spacial score (nSPS) is 12.2. The van der Waals surface area contributed by atoms with E-state index in [-0.39, 0.29) is 28.2 Å². The molecule has 7 nitrogen and oxygen atoms in total. The van der Waals surface area contributed by atoms with Crippen molar-refractivity contribution in [1.82, 2.24) is 10.2 Å². The summed E-state index contributed by atoms with van der Waals surface area (Å²) in [6.07, 6.45) is 1.69. The number of rotatable bonds is 10. The highest BCUT2D eigenvalue weighted by molar-refractivity contribution is 7.92. The number of benzene rings is 2. The zero-order valence-electron chi connectivity index (χ0n) is 18.5. The van der Waals surface area contributed by atoms with Crippen LogP contribution in [0.5, 0.6) is 0 Å². The quantitative estimate of drug-likeness (QED) is 0.491. The van der Waals surface area contributed by atoms with Crippen molar-refractivity contribution < 1.29 is 18.0 Å². The van der Waals surface area contributed by atoms with E-state index in [1.807, 2.05) is 6.92 Å². The maximum atomic E-state index is 13.4. The van der Waals surface area contributed by atoms with Crippen LogP contribution in [0, 0.1) is 0 Å². The SMILES string of the molecule is CCCNC(=O)C(C)N(Cc1ccccc1Cl)C(=O)CN(c1cc(Cl)ccc1Cl)S(C)(=O)=O. The number of halogens is 3. The molecule has 180 valence electrons. The molecular weight excluding hydrogens is 509 g/mol. The molecule has 0 aliphatic heterocycles. The first-order valence-corrected chi connectivity index (χ1v) is 13.2. The van der Waals surface area contributed by atoms with Gasteiger partial charge >= 0.3 is 0 Å². The molecule has 2 amide bonds. The molecule has 33 heavy (non-hydrogen) atoms. The topological polar surface area (TPSA) is 86.8 Å². The Labute approximate surface area is 209 Å². The first kappa shape index (κ1) is 27.2. The fraction of sp³-hybridized carbons (Fsp3) is 0.364. The lowest BCUT2D eigenvalue weighted by Gasteiger charge is -2.32. The first-order valence-electron chi connectivity index (χ1n) is 10.2. The van der Waals surface area contributed by atoms with Crippen LogP contribution in [0.1, 0.15) is 25.8 Å². The van der Waals surface area contributed by atoms with Crippen molar-refractivity contribution >= 4 is 62.3 Å². The fourth-order valence-electron chi connectivity index (χ4n) is 3.06. The van der Waals surface area contributed by atoms with Gasteiger partial charge in [-0.05, 0) is 43.2 Å². The lowest BCUT2D eigenvalue weighted by molar-refractivity contribution is -0.139. The summed E-state index contributed by atoms with van der Waals surface area (Å²) in [6.45, 7) is 3.38. The molecule has 0 saturated heterocycles. The van der Waals surface area contributed by atoms with Crippen molar-refractivity contribution in [3.8, 4) is 0 Å². The number of sulfonamides is 1. The van der Waals surface area contributed by atoms with E-state index < -0.39 is 28.5 Å². The van der Waals surface area contributed by atoms with Gasteiger partial charge in [0.05, 0.1) is 17.0 Å². The van der Waals surface area contributed by atoms with E-state index in [0.717, 1.165) is 17.0 Å². The second kappa shape index (κ2) is 11.9. The van der Waals surface area contributed by atoms with E-state index in [1.54, 1.807) is 31.2 Å². The number of carbonyl (C=O) groups is 2. The summed E-state index contributed by atoms with van der Waals surface area (Å²) in [4.78, 5) is 27.4. The fourth-order valence-corrected chi connectivity index (χ4v) is 4.55. The summed E-state index contributed by atoms with van der Waals surface area (Å²) in [5.41, 5.74) is 0.690. The predicted molar refractivity (Wildman–Crippen MR) is 133 cm³/mol. The van der Waals surface area contributed by atoms with Crippen LogP contribution in [-0.2, 0) is 26.2 Å². The van der Waals surface area contributed by atoms with Crippen LogP contribution in [0.3, 0.4) is 0 Å². The van der Waals surface area contributed by atoms with Crippen LogP contribution in [0.2, 0.25) is 15.1 Å². The van der Waals surface area contributed by atoms with Gasteiger partial charge in [0.2, 0.25) is 21.8 Å². The lowest BCUT2D eigenvalue weighted by atomic mass is 10.1. The van der Waals surface area contributed by atoms with Gasteiger partial charge in [0, 0.05) is 23.1 Å². The van der Waals surface area contributed by atoms with Gasteiger partial charge in [-0.3, -0.25) is 13.9 Å². The third-order valence-corrected chi connectivity index (χ3v) is 6.92. The van der Waals surface area contributed by atoms with Gasteiger partial charge in [-0.15, -0.1) is 0 Å². The van der Waals surface area contributed by atoms with Crippen LogP contribution in [-0.4, -0.2) is 50.5 Å². The molecule has 0 spiro atoms. The summed E-state index contributed by atoms with van der Waals surface area (Å²) < 4.78 is 26.0. The number of carbonyl (C=O) groups excluding carboxylic acids is 2. The largest absolute Gasteiger partial charge is 0.354 e. The number of amides is 2. The lowest BCUT2D eigenvalue weighted by Crippen LogP contribution is -2.51. The van der Waals surface area contributed by atoms with Crippen molar-refractivity contribution in [3.05, 3.63) is 63.1 Å². The Morgan fingerprint density at radius 3 is 2.33 bits per heavy atom. The van der Waals surface area contributed by atoms with Crippen molar-refractivity contribution in [2.45, 2.75) is 32.9 Å². The van der Waals surface area contributed by atoms with E-state index in [2.05, 4.69) is 5.32 Å². The summed E-state index contributed by atoms with van der Waals surface area (Å²) in [5, 5.41) is 3.56. The summed E-state index contributed by atoms with van der Waals surface area (Å²) in [7, 11) is -3.91. The minimum absolute atomic E-state index is 0.0140. The van der Waals surface area contributed by atoms with Gasteiger partial charge in [-0.2, -0.15) is 0 Å². The minimum atomic E-state index is -3.91. The molecule has 0 saturated carbocycles. The number of nitrogens with one attached hydrogen (secondary N) is 1. The number of hydrogen-bond donors (Lipinski definition) is 1. The zero-order valence-corrected chi connectivity index (χ0v) is 21.6. The Hall–Kier alpha value is -2.00. The van der Waals surface area contributed by atoms with Crippen LogP contribution in [0.25, 0.3) is 0 Å². The van der Waals surface area contributed by atoms with Crippen molar-refractivity contribution in [3.63, 3.8) is 0 Å². The summed E-state index contributed by atoms with van der Waals surface area (Å²) >= 11 is 18.5. The molecule has 0 aliphatic carbocycles. The Balaban J connectivity index is 2.43. The van der Waals surface area contributed by atoms with Crippen molar-refractivity contribution in [1.29, 1.82) is 0 Å². The molecule has 0 bridgehead atoms. The molecule has 0 radical (unpaired) electrons. The Bertz CT molecular complexity index is 1110. The molecule has 1 unspecified atom stereocenters. The van der Waals surface area contributed by atoms with Gasteiger partial charge in [0.25, 0.3) is 0 Å². The molecule has 0 aliphatic rings. The molecule has 0 fully saturated rings. The number of nitrogens with zero attached hydrogens (tertiary/aromatic N) is 2. The Morgan fingerprint density at radius 2 is 1.73 bits per heavy atom. The van der Waals surface area contributed by atoms with Crippen molar-refractivity contribution in [2.75, 3.05) is 23.7 Å². The predicted octanol–water partition coefficient (Wildman–Crippen LogP) is 4.36. The second-order valence-electron chi connectivity index (χ2n) is 7.45. The third kappa shape index (κ3) is 7.50. The smallest absolute Gasteiger partial charge is 0.244 e. The van der Waals surface area contributed by atoms with E-state index in [9.17, 15) is 18.0 Å². The summed E-state index contributed by atoms with van der Waals surface area (Å²) in [5.74, 6) is -0.959. The Kier molecular flexibility index (Phi) is 9.84. The first-order chi connectivity index (χ1) is 15.5. The summed E-state index contributed by atoms with van der Waals surface area (Å²) in [6, 6.07) is 10.4. The Morgan fingerprint density at radius 1 is 1.06 bits per heavy atom. The van der Waals surface area contributed by atoms with E-state index >= 15 is 0 Å². The zero-order chi connectivity index (χ0) is 24.8. The van der Waals surface area contributed by atoms with E-state index in [1.165, 1.54) is 23.1 Å². The molecule has 1 atom stereocenters. The van der Waals surface area contributed by atoms with Gasteiger partial charge < -0.3 is 10.2 Å². The maximum Gasteiger partial charge on any atom is 0.244 e. The molecule has 2 rings (SSSR count). The van der Waals surface area contributed by atoms with Gasteiger partial charge in [-0.1, -0.05) is 59.9 Å². The molecule has 1 N–H and O–H groups in total. The second-order valence-corrected chi connectivity index (χ2v) is 10.6. The standard InChI is InChI=1S/C22H26Cl3N3O4S/c1-4-11-26-22(30)15(2)27(13-16-7-5-6-8-18(16)24)21(29)14-28(33(3,31)32)20-12-17(23)9-10-19(20)25/h5-10,12,15H,4,11,13-14H2,1-3H3,(H,26,30). The van der Waals surface area contributed by atoms with Crippen LogP contribution in [0.4, 0.5) is 5.69 Å². The van der Waals surface area contributed by atoms with Crippen molar-refractivity contribution in [2.24, 2.45) is 0 Å². The van der Waals surface area contributed by atoms with Crippen LogP contribution in [0.15, 0.2) is 42.5 Å². The van der Waals surface area contributed by atoms with E-state index in [0.29, 0.717) is 17.1 Å². The molecule has 0 aromatic heterocycles. The molecule has 0 heterocycles. The number of hydrogen-bond acceptors (Lipinski definition) is 4. The van der Waals surface area contributed by atoms with Crippen LogP contribution >= 0.6 is 34.8 Å². The minimum Gasteiger partial charge on any atom is -0.354 e. The monoisotopic (exact) mass is 533 g/mol. The highest BCUT2D eigenvalue weighted by Gasteiger charge is 2.31. The highest BCUT2D eigenvalue weighted by Crippen LogP contribution is 2.31. The van der Waals surface area contributed by atoms with Gasteiger partial charge in [-0.25, -0.2) is 8.42 Å². The molecule has 11 heteroatoms. The third-order valence-electron chi connectivity index (χ3n) is 4.87. The van der Waals surface area contributed by atoms with E-state index in [4.69, 9.17) is 34.8 Å². The molecule has 2 aromatic rings. The highest BCUT2D eigenvalue weighted by atomic mass is 35.5. The average molecular weight is 535 g/mol.